The van der Waals surface area contributed by atoms with E-state index in [1.165, 1.54) is 25.8 Å². The summed E-state index contributed by atoms with van der Waals surface area (Å²) in [7, 11) is 2.28. The second-order valence-corrected chi connectivity index (χ2v) is 5.65. The van der Waals surface area contributed by atoms with Crippen molar-refractivity contribution in [2.24, 2.45) is 5.73 Å². The summed E-state index contributed by atoms with van der Waals surface area (Å²) in [4.78, 5) is 5.10. The lowest BCUT2D eigenvalue weighted by Crippen LogP contribution is -2.36. The van der Waals surface area contributed by atoms with E-state index in [1.807, 2.05) is 6.07 Å². The van der Waals surface area contributed by atoms with Gasteiger partial charge >= 0.3 is 0 Å². The molecule has 2 bridgehead atoms. The number of rotatable bonds is 3. The number of furan rings is 1. The Bertz CT molecular complexity index is 403. The van der Waals surface area contributed by atoms with E-state index < -0.39 is 0 Å². The van der Waals surface area contributed by atoms with Gasteiger partial charge in [-0.15, -0.1) is 0 Å². The normalized spacial score (nSPS) is 29.7. The first kappa shape index (κ1) is 12.2. The zero-order valence-corrected chi connectivity index (χ0v) is 11.1. The molecule has 0 spiro atoms. The average Bonchev–Trinajstić information content (AvgIpc) is 2.88. The van der Waals surface area contributed by atoms with E-state index in [0.717, 1.165) is 36.5 Å². The van der Waals surface area contributed by atoms with E-state index >= 15 is 0 Å². The average molecular weight is 249 g/mol. The summed E-state index contributed by atoms with van der Waals surface area (Å²) < 4.78 is 5.57. The van der Waals surface area contributed by atoms with Crippen molar-refractivity contribution in [3.8, 4) is 0 Å². The van der Waals surface area contributed by atoms with Gasteiger partial charge in [0.25, 0.3) is 0 Å². The molecule has 2 saturated heterocycles. The third kappa shape index (κ3) is 2.20. The van der Waals surface area contributed by atoms with Gasteiger partial charge in [0, 0.05) is 37.3 Å². The van der Waals surface area contributed by atoms with Crippen molar-refractivity contribution in [2.75, 3.05) is 20.1 Å². The molecule has 3 rings (SSSR count). The summed E-state index contributed by atoms with van der Waals surface area (Å²) in [6.07, 6.45) is 5.77. The summed E-state index contributed by atoms with van der Waals surface area (Å²) >= 11 is 0. The number of nitrogens with two attached hydrogens (primary N) is 1. The van der Waals surface area contributed by atoms with Gasteiger partial charge in [-0.25, -0.2) is 0 Å². The van der Waals surface area contributed by atoms with Gasteiger partial charge in [0.15, 0.2) is 0 Å². The van der Waals surface area contributed by atoms with E-state index in [9.17, 15) is 0 Å². The SMILES string of the molecule is CN1C2CCC1CN(Cc1occc1CN)CC2. The van der Waals surface area contributed by atoms with E-state index in [0.29, 0.717) is 6.54 Å². The summed E-state index contributed by atoms with van der Waals surface area (Å²) in [5.41, 5.74) is 6.88. The third-order valence-electron chi connectivity index (χ3n) is 4.66. The summed E-state index contributed by atoms with van der Waals surface area (Å²) in [5.74, 6) is 1.05. The van der Waals surface area contributed by atoms with Crippen molar-refractivity contribution in [2.45, 2.75) is 44.4 Å². The summed E-state index contributed by atoms with van der Waals surface area (Å²) in [6, 6.07) is 3.52. The van der Waals surface area contributed by atoms with Crippen LogP contribution < -0.4 is 5.73 Å². The molecule has 0 saturated carbocycles. The molecule has 4 nitrogen and oxygen atoms in total. The second-order valence-electron chi connectivity index (χ2n) is 5.65. The molecule has 1 aromatic heterocycles. The first-order valence-electron chi connectivity index (χ1n) is 6.97. The van der Waals surface area contributed by atoms with E-state index in [2.05, 4.69) is 16.8 Å². The highest BCUT2D eigenvalue weighted by Gasteiger charge is 2.34. The molecule has 2 aliphatic heterocycles. The van der Waals surface area contributed by atoms with E-state index in [-0.39, 0.29) is 0 Å². The first-order chi connectivity index (χ1) is 8.78. The van der Waals surface area contributed by atoms with Crippen molar-refractivity contribution in [3.05, 3.63) is 23.7 Å². The van der Waals surface area contributed by atoms with Crippen LogP contribution in [0.1, 0.15) is 30.6 Å². The quantitative estimate of drug-likeness (QED) is 0.879. The molecule has 0 aromatic carbocycles. The molecule has 2 aliphatic rings. The Morgan fingerprint density at radius 3 is 3.00 bits per heavy atom. The standard InChI is InChI=1S/C14H23N3O/c1-16-12-2-3-13(16)9-17(6-4-12)10-14-11(8-15)5-7-18-14/h5,7,12-13H,2-4,6,8-10,15H2,1H3. The number of fused-ring (bicyclic) bond motifs is 2. The topological polar surface area (TPSA) is 45.6 Å². The molecule has 0 aliphatic carbocycles. The third-order valence-corrected chi connectivity index (χ3v) is 4.66. The van der Waals surface area contributed by atoms with Crippen LogP contribution in [0.3, 0.4) is 0 Å². The van der Waals surface area contributed by atoms with Crippen molar-refractivity contribution >= 4 is 0 Å². The Morgan fingerprint density at radius 1 is 1.33 bits per heavy atom. The van der Waals surface area contributed by atoms with Crippen molar-refractivity contribution in [1.29, 1.82) is 0 Å². The smallest absolute Gasteiger partial charge is 0.122 e. The predicted molar refractivity (Wildman–Crippen MR) is 71.1 cm³/mol. The summed E-state index contributed by atoms with van der Waals surface area (Å²) in [6.45, 7) is 3.83. The minimum Gasteiger partial charge on any atom is -0.468 e. The minimum atomic E-state index is 0.575. The number of likely N-dealkylation sites (N-methyl/N-ethyl adjacent to an activating group) is 1. The summed E-state index contributed by atoms with van der Waals surface area (Å²) in [5, 5.41) is 0. The molecular weight excluding hydrogens is 226 g/mol. The zero-order valence-electron chi connectivity index (χ0n) is 11.1. The maximum Gasteiger partial charge on any atom is 0.122 e. The lowest BCUT2D eigenvalue weighted by Gasteiger charge is -2.25. The maximum absolute atomic E-state index is 5.73. The van der Waals surface area contributed by atoms with Crippen LogP contribution in [0.2, 0.25) is 0 Å². The number of hydrogen-bond donors (Lipinski definition) is 1. The Morgan fingerprint density at radius 2 is 2.17 bits per heavy atom. The van der Waals surface area contributed by atoms with Gasteiger partial charge in [-0.2, -0.15) is 0 Å². The number of likely N-dealkylation sites (tertiary alicyclic amines) is 1. The Labute approximate surface area is 109 Å². The fourth-order valence-corrected chi connectivity index (χ4v) is 3.41. The molecule has 0 radical (unpaired) electrons. The van der Waals surface area contributed by atoms with Gasteiger partial charge < -0.3 is 10.2 Å². The molecule has 100 valence electrons. The fourth-order valence-electron chi connectivity index (χ4n) is 3.41. The molecule has 3 heterocycles. The molecular formula is C14H23N3O. The lowest BCUT2D eigenvalue weighted by molar-refractivity contribution is 0.204. The van der Waals surface area contributed by atoms with Crippen LogP contribution in [0.5, 0.6) is 0 Å². The first-order valence-corrected chi connectivity index (χ1v) is 6.97. The number of hydrogen-bond acceptors (Lipinski definition) is 4. The maximum atomic E-state index is 5.73. The Kier molecular flexibility index (Phi) is 3.41. The van der Waals surface area contributed by atoms with Crippen LogP contribution in [0, 0.1) is 0 Å². The molecule has 2 atom stereocenters. The molecule has 2 unspecified atom stereocenters. The minimum absolute atomic E-state index is 0.575. The van der Waals surface area contributed by atoms with Crippen LogP contribution in [0.25, 0.3) is 0 Å². The van der Waals surface area contributed by atoms with Gasteiger partial charge in [-0.05, 0) is 32.4 Å². The fraction of sp³-hybridized carbons (Fsp3) is 0.714. The molecule has 4 heteroatoms. The van der Waals surface area contributed by atoms with Crippen LogP contribution in [0.4, 0.5) is 0 Å². The van der Waals surface area contributed by atoms with Gasteiger partial charge in [0.05, 0.1) is 12.8 Å². The van der Waals surface area contributed by atoms with Gasteiger partial charge in [-0.3, -0.25) is 9.80 Å². The van der Waals surface area contributed by atoms with Gasteiger partial charge in [0.1, 0.15) is 5.76 Å². The van der Waals surface area contributed by atoms with Crippen molar-refractivity contribution in [1.82, 2.24) is 9.80 Å². The van der Waals surface area contributed by atoms with Crippen LogP contribution in [-0.4, -0.2) is 42.0 Å². The molecule has 18 heavy (non-hydrogen) atoms. The Hall–Kier alpha value is -0.840. The lowest BCUT2D eigenvalue weighted by atomic mass is 10.1. The van der Waals surface area contributed by atoms with E-state index in [4.69, 9.17) is 10.2 Å². The molecule has 2 N–H and O–H groups in total. The van der Waals surface area contributed by atoms with Crippen molar-refractivity contribution < 1.29 is 4.42 Å². The number of nitrogens with zero attached hydrogens (tertiary/aromatic N) is 2. The highest BCUT2D eigenvalue weighted by Crippen LogP contribution is 2.29. The van der Waals surface area contributed by atoms with Crippen LogP contribution >= 0.6 is 0 Å². The van der Waals surface area contributed by atoms with Crippen LogP contribution in [-0.2, 0) is 13.1 Å². The molecule has 0 amide bonds. The largest absolute Gasteiger partial charge is 0.468 e. The monoisotopic (exact) mass is 249 g/mol. The van der Waals surface area contributed by atoms with Crippen molar-refractivity contribution in [3.63, 3.8) is 0 Å². The van der Waals surface area contributed by atoms with Gasteiger partial charge in [0.2, 0.25) is 0 Å². The van der Waals surface area contributed by atoms with Gasteiger partial charge in [-0.1, -0.05) is 0 Å². The van der Waals surface area contributed by atoms with E-state index in [1.54, 1.807) is 6.26 Å². The zero-order chi connectivity index (χ0) is 12.5. The van der Waals surface area contributed by atoms with Crippen LogP contribution in [0.15, 0.2) is 16.7 Å². The Balaban J connectivity index is 1.67. The molecule has 1 aromatic rings. The second kappa shape index (κ2) is 5.03. The highest BCUT2D eigenvalue weighted by molar-refractivity contribution is 5.16. The highest BCUT2D eigenvalue weighted by atomic mass is 16.3. The predicted octanol–water partition coefficient (Wildman–Crippen LogP) is 1.41. The molecule has 2 fully saturated rings.